The molecule has 2 fully saturated rings. The van der Waals surface area contributed by atoms with Crippen molar-refractivity contribution in [2.45, 2.75) is 44.1 Å². The van der Waals surface area contributed by atoms with Crippen LogP contribution in [0.2, 0.25) is 5.02 Å². The Labute approximate surface area is 199 Å². The number of aliphatic carboxylic acids is 1. The standard InChI is InChI=1S/C23H23ClN4O6/c1-32-19-7-12(21(29)28-11-16(33-15-2-3-15)9-18(28)22(30)31)6-17-20(19)34-23(27-17)26-10-14-8-13(24)4-5-25-14/h4-8,15-16,18H,2-3,9-11H2,1H3,(H,26,27)(H,30,31)/t16-,18+/m1/s1. The molecule has 10 nitrogen and oxygen atoms in total. The average molecular weight is 487 g/mol. The summed E-state index contributed by atoms with van der Waals surface area (Å²) < 4.78 is 17.1. The van der Waals surface area contributed by atoms with Gasteiger partial charge in [-0.05, 0) is 37.1 Å². The number of amides is 1. The lowest BCUT2D eigenvalue weighted by Gasteiger charge is -2.21. The summed E-state index contributed by atoms with van der Waals surface area (Å²) in [7, 11) is 1.46. The van der Waals surface area contributed by atoms with Crippen molar-refractivity contribution in [3.63, 3.8) is 0 Å². The van der Waals surface area contributed by atoms with E-state index in [1.165, 1.54) is 18.1 Å². The quantitative estimate of drug-likeness (QED) is 0.492. The summed E-state index contributed by atoms with van der Waals surface area (Å²) in [5.41, 5.74) is 1.74. The van der Waals surface area contributed by atoms with Crippen molar-refractivity contribution in [1.82, 2.24) is 14.9 Å². The third-order valence-electron chi connectivity index (χ3n) is 5.84. The third kappa shape index (κ3) is 4.64. The van der Waals surface area contributed by atoms with Gasteiger partial charge in [-0.1, -0.05) is 11.6 Å². The molecule has 0 bridgehead atoms. The molecule has 1 aliphatic heterocycles. The number of oxazole rings is 1. The Morgan fingerprint density at radius 2 is 2.12 bits per heavy atom. The smallest absolute Gasteiger partial charge is 0.326 e. The van der Waals surface area contributed by atoms with Gasteiger partial charge in [0.15, 0.2) is 11.3 Å². The lowest BCUT2D eigenvalue weighted by Crippen LogP contribution is -2.40. The summed E-state index contributed by atoms with van der Waals surface area (Å²) in [6, 6.07) is 5.79. The van der Waals surface area contributed by atoms with E-state index in [9.17, 15) is 14.7 Å². The number of fused-ring (bicyclic) bond motifs is 1. The van der Waals surface area contributed by atoms with Crippen LogP contribution in [0.25, 0.3) is 11.1 Å². The number of carbonyl (C=O) groups is 2. The van der Waals surface area contributed by atoms with Gasteiger partial charge >= 0.3 is 5.97 Å². The highest BCUT2D eigenvalue weighted by molar-refractivity contribution is 6.30. The van der Waals surface area contributed by atoms with Gasteiger partial charge in [0.25, 0.3) is 11.9 Å². The SMILES string of the molecule is COc1cc(C(=O)N2C[C@H](OC3CC3)C[C@H]2C(=O)O)cc2nc(NCc3cc(Cl)ccn3)oc12. The van der Waals surface area contributed by atoms with Crippen LogP contribution in [0.3, 0.4) is 0 Å². The first kappa shape index (κ1) is 22.4. The zero-order valence-corrected chi connectivity index (χ0v) is 19.1. The number of ether oxygens (including phenoxy) is 2. The number of rotatable bonds is 8. The molecule has 2 aliphatic rings. The van der Waals surface area contributed by atoms with Crippen LogP contribution in [0, 0.1) is 0 Å². The zero-order valence-electron chi connectivity index (χ0n) is 18.4. The number of pyridine rings is 1. The molecule has 2 atom stereocenters. The number of benzene rings is 1. The van der Waals surface area contributed by atoms with Crippen LogP contribution in [-0.2, 0) is 16.1 Å². The van der Waals surface area contributed by atoms with E-state index in [2.05, 4.69) is 15.3 Å². The molecule has 3 aromatic rings. The molecule has 3 heterocycles. The van der Waals surface area contributed by atoms with E-state index in [-0.39, 0.29) is 36.8 Å². The van der Waals surface area contributed by atoms with Crippen molar-refractivity contribution < 1.29 is 28.6 Å². The molecule has 2 aromatic heterocycles. The number of carboxylic acids is 1. The molecule has 0 unspecified atom stereocenters. The van der Waals surface area contributed by atoms with E-state index in [1.54, 1.807) is 24.4 Å². The second-order valence-corrected chi connectivity index (χ2v) is 8.81. The van der Waals surface area contributed by atoms with Crippen LogP contribution < -0.4 is 10.1 Å². The molecule has 1 saturated heterocycles. The van der Waals surface area contributed by atoms with Gasteiger partial charge < -0.3 is 29.2 Å². The van der Waals surface area contributed by atoms with Crippen LogP contribution in [0.15, 0.2) is 34.9 Å². The van der Waals surface area contributed by atoms with Crippen molar-refractivity contribution in [3.05, 3.63) is 46.7 Å². The van der Waals surface area contributed by atoms with Gasteiger partial charge in [-0.3, -0.25) is 9.78 Å². The van der Waals surface area contributed by atoms with E-state index in [0.717, 1.165) is 12.8 Å². The first-order valence-electron chi connectivity index (χ1n) is 10.9. The third-order valence-corrected chi connectivity index (χ3v) is 6.08. The highest BCUT2D eigenvalue weighted by Crippen LogP contribution is 2.33. The summed E-state index contributed by atoms with van der Waals surface area (Å²) in [4.78, 5) is 35.1. The Morgan fingerprint density at radius 1 is 1.29 bits per heavy atom. The lowest BCUT2D eigenvalue weighted by atomic mass is 10.1. The van der Waals surface area contributed by atoms with Crippen LogP contribution in [-0.4, -0.2) is 63.8 Å². The molecule has 11 heteroatoms. The summed E-state index contributed by atoms with van der Waals surface area (Å²) in [6.07, 6.45) is 3.72. The van der Waals surface area contributed by atoms with E-state index in [4.69, 9.17) is 25.5 Å². The molecule has 0 spiro atoms. The maximum Gasteiger partial charge on any atom is 0.326 e. The van der Waals surface area contributed by atoms with E-state index < -0.39 is 17.9 Å². The monoisotopic (exact) mass is 486 g/mol. The highest BCUT2D eigenvalue weighted by Gasteiger charge is 2.42. The molecule has 1 aromatic carbocycles. The van der Waals surface area contributed by atoms with Crippen molar-refractivity contribution in [2.24, 2.45) is 0 Å². The van der Waals surface area contributed by atoms with E-state index >= 15 is 0 Å². The van der Waals surface area contributed by atoms with Gasteiger partial charge in [-0.25, -0.2) is 4.79 Å². The molecular formula is C23H23ClN4O6. The van der Waals surface area contributed by atoms with Gasteiger partial charge in [-0.2, -0.15) is 4.98 Å². The number of carbonyl (C=O) groups excluding carboxylic acids is 1. The highest BCUT2D eigenvalue weighted by atomic mass is 35.5. The molecule has 178 valence electrons. The topological polar surface area (TPSA) is 127 Å². The predicted molar refractivity (Wildman–Crippen MR) is 122 cm³/mol. The fourth-order valence-corrected chi connectivity index (χ4v) is 4.24. The Hall–Kier alpha value is -3.37. The molecule has 5 rings (SSSR count). The molecule has 34 heavy (non-hydrogen) atoms. The number of carboxylic acid groups (broad SMARTS) is 1. The molecule has 1 amide bonds. The van der Waals surface area contributed by atoms with Gasteiger partial charge in [0.1, 0.15) is 11.6 Å². The lowest BCUT2D eigenvalue weighted by molar-refractivity contribution is -0.141. The summed E-state index contributed by atoms with van der Waals surface area (Å²) in [5.74, 6) is -1.15. The molecule has 2 N–H and O–H groups in total. The van der Waals surface area contributed by atoms with Gasteiger partial charge in [0, 0.05) is 29.7 Å². The predicted octanol–water partition coefficient (Wildman–Crippen LogP) is 3.34. The summed E-state index contributed by atoms with van der Waals surface area (Å²) >= 11 is 5.99. The summed E-state index contributed by atoms with van der Waals surface area (Å²) in [6.45, 7) is 0.558. The number of likely N-dealkylation sites (tertiary alicyclic amines) is 1. The van der Waals surface area contributed by atoms with Crippen LogP contribution in [0.1, 0.15) is 35.3 Å². The Kier molecular flexibility index (Phi) is 6.01. The minimum atomic E-state index is -1.05. The van der Waals surface area contributed by atoms with Gasteiger partial charge in [0.05, 0.1) is 31.6 Å². The number of hydrogen-bond acceptors (Lipinski definition) is 8. The average Bonchev–Trinajstić information content (AvgIpc) is 3.37. The molecular weight excluding hydrogens is 464 g/mol. The van der Waals surface area contributed by atoms with Gasteiger partial charge in [-0.15, -0.1) is 0 Å². The number of nitrogens with zero attached hydrogens (tertiary/aromatic N) is 3. The first-order valence-corrected chi connectivity index (χ1v) is 11.3. The minimum absolute atomic E-state index is 0.175. The van der Waals surface area contributed by atoms with Crippen molar-refractivity contribution >= 4 is 40.6 Å². The van der Waals surface area contributed by atoms with Crippen molar-refractivity contribution in [1.29, 1.82) is 0 Å². The molecule has 1 saturated carbocycles. The van der Waals surface area contributed by atoms with Crippen molar-refractivity contribution in [3.8, 4) is 5.75 Å². The fraction of sp³-hybridized carbons (Fsp3) is 0.391. The van der Waals surface area contributed by atoms with Gasteiger partial charge in [0.2, 0.25) is 0 Å². The number of aromatic nitrogens is 2. The number of hydrogen-bond donors (Lipinski definition) is 2. The number of nitrogens with one attached hydrogen (secondary N) is 1. The van der Waals surface area contributed by atoms with E-state index in [0.29, 0.717) is 34.1 Å². The fourth-order valence-electron chi connectivity index (χ4n) is 4.06. The van der Waals surface area contributed by atoms with Crippen LogP contribution >= 0.6 is 11.6 Å². The maximum atomic E-state index is 13.3. The molecule has 1 aliphatic carbocycles. The summed E-state index contributed by atoms with van der Waals surface area (Å²) in [5, 5.41) is 13.3. The first-order chi connectivity index (χ1) is 16.4. The normalized spacial score (nSPS) is 20.0. The Balaban J connectivity index is 1.38. The van der Waals surface area contributed by atoms with Crippen LogP contribution in [0.5, 0.6) is 5.75 Å². The van der Waals surface area contributed by atoms with Crippen LogP contribution in [0.4, 0.5) is 6.01 Å². The zero-order chi connectivity index (χ0) is 23.8. The Morgan fingerprint density at radius 3 is 2.82 bits per heavy atom. The van der Waals surface area contributed by atoms with E-state index in [1.807, 2.05) is 0 Å². The molecule has 0 radical (unpaired) electrons. The number of halogens is 1. The largest absolute Gasteiger partial charge is 0.493 e. The second kappa shape index (κ2) is 9.11. The number of methoxy groups -OCH3 is 1. The van der Waals surface area contributed by atoms with Crippen molar-refractivity contribution in [2.75, 3.05) is 19.0 Å². The maximum absolute atomic E-state index is 13.3. The Bertz CT molecular complexity index is 1240. The second-order valence-electron chi connectivity index (χ2n) is 8.37. The number of anilines is 1. The minimum Gasteiger partial charge on any atom is -0.493 e.